The number of nitrogens with zero attached hydrogens (tertiary/aromatic N) is 2. The Kier molecular flexibility index (Phi) is 5.46. The number of pyridine rings is 1. The molecule has 1 rings (SSSR count). The number of carboxylic acid groups (broad SMARTS) is 1. The van der Waals surface area contributed by atoms with Gasteiger partial charge in [0.05, 0.1) is 6.42 Å². The summed E-state index contributed by atoms with van der Waals surface area (Å²) < 4.78 is 0. The third kappa shape index (κ3) is 4.43. The van der Waals surface area contributed by atoms with Crippen molar-refractivity contribution in [1.29, 1.82) is 0 Å². The van der Waals surface area contributed by atoms with Gasteiger partial charge in [0.25, 0.3) is 0 Å². The number of carbonyl (C=O) groups is 1. The lowest BCUT2D eigenvalue weighted by molar-refractivity contribution is -0.136. The molecule has 0 aromatic carbocycles. The quantitative estimate of drug-likeness (QED) is 0.790. The van der Waals surface area contributed by atoms with Gasteiger partial charge in [-0.1, -0.05) is 19.4 Å². The van der Waals surface area contributed by atoms with Gasteiger partial charge in [0.15, 0.2) is 0 Å². The average Bonchev–Trinajstić information content (AvgIpc) is 2.30. The molecule has 0 unspecified atom stereocenters. The summed E-state index contributed by atoms with van der Waals surface area (Å²) in [5.74, 6) is 0.141. The van der Waals surface area contributed by atoms with E-state index in [1.54, 1.807) is 6.20 Å². The highest BCUT2D eigenvalue weighted by atomic mass is 16.4. The molecule has 4 nitrogen and oxygen atoms in total. The zero-order valence-corrected chi connectivity index (χ0v) is 10.5. The van der Waals surface area contributed by atoms with Crippen LogP contribution in [0, 0.1) is 6.92 Å². The molecule has 1 N–H and O–H groups in total. The predicted octanol–water partition coefficient (Wildman–Crippen LogP) is 2.47. The summed E-state index contributed by atoms with van der Waals surface area (Å²) in [6.45, 7) is 5.51. The molecule has 0 bridgehead atoms. The van der Waals surface area contributed by atoms with Gasteiger partial charge < -0.3 is 10.0 Å². The number of aromatic nitrogens is 1. The minimum atomic E-state index is -0.764. The van der Waals surface area contributed by atoms with Gasteiger partial charge >= 0.3 is 5.97 Å². The summed E-state index contributed by atoms with van der Waals surface area (Å²) in [6, 6.07) is 3.90. The third-order valence-corrected chi connectivity index (χ3v) is 2.66. The van der Waals surface area contributed by atoms with Crippen LogP contribution in [0.1, 0.15) is 31.7 Å². The first-order valence-electron chi connectivity index (χ1n) is 6.03. The highest BCUT2D eigenvalue weighted by molar-refractivity contribution is 5.67. The van der Waals surface area contributed by atoms with Gasteiger partial charge in [0, 0.05) is 19.3 Å². The van der Waals surface area contributed by atoms with Gasteiger partial charge in [-0.2, -0.15) is 0 Å². The summed E-state index contributed by atoms with van der Waals surface area (Å²) in [5.41, 5.74) is 1.09. The Balaban J connectivity index is 2.74. The molecule has 0 saturated heterocycles. The van der Waals surface area contributed by atoms with Gasteiger partial charge in [-0.05, 0) is 25.0 Å². The molecule has 4 heteroatoms. The van der Waals surface area contributed by atoms with Crippen molar-refractivity contribution in [2.45, 2.75) is 33.1 Å². The van der Waals surface area contributed by atoms with E-state index >= 15 is 0 Å². The first-order chi connectivity index (χ1) is 8.15. The molecule has 0 saturated carbocycles. The predicted molar refractivity (Wildman–Crippen MR) is 68.3 cm³/mol. The smallest absolute Gasteiger partial charge is 0.305 e. The van der Waals surface area contributed by atoms with Crippen LogP contribution >= 0.6 is 0 Å². The number of aryl methyl sites for hydroxylation is 1. The fraction of sp³-hybridized carbons (Fsp3) is 0.538. The van der Waals surface area contributed by atoms with E-state index in [-0.39, 0.29) is 6.42 Å². The molecule has 0 aliphatic rings. The Bertz CT molecular complexity index is 366. The Hall–Kier alpha value is -1.58. The molecule has 0 spiro atoms. The van der Waals surface area contributed by atoms with Crippen LogP contribution < -0.4 is 4.90 Å². The van der Waals surface area contributed by atoms with Crippen LogP contribution in [-0.2, 0) is 4.79 Å². The molecule has 1 aromatic heterocycles. The second-order valence-corrected chi connectivity index (χ2v) is 4.13. The number of aliphatic carboxylic acids is 1. The lowest BCUT2D eigenvalue weighted by Gasteiger charge is -2.24. The lowest BCUT2D eigenvalue weighted by Crippen LogP contribution is -2.28. The maximum atomic E-state index is 10.6. The van der Waals surface area contributed by atoms with Gasteiger partial charge in [0.1, 0.15) is 5.82 Å². The monoisotopic (exact) mass is 236 g/mol. The Morgan fingerprint density at radius 1 is 1.47 bits per heavy atom. The van der Waals surface area contributed by atoms with Crippen LogP contribution in [0.5, 0.6) is 0 Å². The molecule has 0 fully saturated rings. The molecule has 17 heavy (non-hydrogen) atoms. The van der Waals surface area contributed by atoms with Crippen LogP contribution in [-0.4, -0.2) is 29.1 Å². The van der Waals surface area contributed by atoms with Crippen molar-refractivity contribution in [3.63, 3.8) is 0 Å². The van der Waals surface area contributed by atoms with Gasteiger partial charge in [-0.25, -0.2) is 4.98 Å². The maximum absolute atomic E-state index is 10.6. The van der Waals surface area contributed by atoms with E-state index in [4.69, 9.17) is 5.11 Å². The summed E-state index contributed by atoms with van der Waals surface area (Å²) in [4.78, 5) is 17.1. The van der Waals surface area contributed by atoms with Crippen molar-refractivity contribution >= 4 is 11.8 Å². The standard InChI is InChI=1S/C13H20N2O2/c1-3-4-9-15(10-7-12(16)17)13-11(2)6-5-8-14-13/h5-6,8H,3-4,7,9-10H2,1-2H3,(H,16,17). The molecule has 1 heterocycles. The van der Waals surface area contributed by atoms with Crippen molar-refractivity contribution in [2.75, 3.05) is 18.0 Å². The Morgan fingerprint density at radius 3 is 2.82 bits per heavy atom. The van der Waals surface area contributed by atoms with Crippen LogP contribution in [0.4, 0.5) is 5.82 Å². The minimum Gasteiger partial charge on any atom is -0.481 e. The molecule has 94 valence electrons. The summed E-state index contributed by atoms with van der Waals surface area (Å²) in [5, 5.41) is 8.76. The van der Waals surface area contributed by atoms with E-state index in [1.165, 1.54) is 0 Å². The van der Waals surface area contributed by atoms with E-state index in [0.29, 0.717) is 6.54 Å². The van der Waals surface area contributed by atoms with Gasteiger partial charge in [-0.15, -0.1) is 0 Å². The highest BCUT2D eigenvalue weighted by Gasteiger charge is 2.11. The van der Waals surface area contributed by atoms with Crippen LogP contribution in [0.2, 0.25) is 0 Å². The van der Waals surface area contributed by atoms with E-state index in [2.05, 4.69) is 16.8 Å². The van der Waals surface area contributed by atoms with Gasteiger partial charge in [-0.3, -0.25) is 4.79 Å². The van der Waals surface area contributed by atoms with Crippen molar-refractivity contribution in [2.24, 2.45) is 0 Å². The molecule has 0 radical (unpaired) electrons. The minimum absolute atomic E-state index is 0.153. The first kappa shape index (κ1) is 13.5. The van der Waals surface area contributed by atoms with E-state index in [1.807, 2.05) is 19.1 Å². The first-order valence-corrected chi connectivity index (χ1v) is 6.03. The SMILES string of the molecule is CCCCN(CCC(=O)O)c1ncccc1C. The summed E-state index contributed by atoms with van der Waals surface area (Å²) in [6.07, 6.45) is 4.05. The molecule has 0 aliphatic carbocycles. The zero-order valence-electron chi connectivity index (χ0n) is 10.5. The zero-order chi connectivity index (χ0) is 12.7. The maximum Gasteiger partial charge on any atom is 0.305 e. The summed E-state index contributed by atoms with van der Waals surface area (Å²) in [7, 11) is 0. The number of hydrogen-bond acceptors (Lipinski definition) is 3. The largest absolute Gasteiger partial charge is 0.481 e. The Labute approximate surface area is 102 Å². The van der Waals surface area contributed by atoms with Crippen LogP contribution in [0.25, 0.3) is 0 Å². The lowest BCUT2D eigenvalue weighted by atomic mass is 10.2. The second-order valence-electron chi connectivity index (χ2n) is 4.13. The number of rotatable bonds is 7. The molecule has 0 atom stereocenters. The number of unbranched alkanes of at least 4 members (excludes halogenated alkanes) is 1. The average molecular weight is 236 g/mol. The number of carboxylic acids is 1. The molecular weight excluding hydrogens is 216 g/mol. The van der Waals surface area contributed by atoms with Crippen molar-refractivity contribution in [3.8, 4) is 0 Å². The highest BCUT2D eigenvalue weighted by Crippen LogP contribution is 2.16. The van der Waals surface area contributed by atoms with Gasteiger partial charge in [0.2, 0.25) is 0 Å². The fourth-order valence-electron chi connectivity index (χ4n) is 1.71. The van der Waals surface area contributed by atoms with Crippen molar-refractivity contribution < 1.29 is 9.90 Å². The topological polar surface area (TPSA) is 53.4 Å². The molecule has 0 aliphatic heterocycles. The third-order valence-electron chi connectivity index (χ3n) is 2.66. The van der Waals surface area contributed by atoms with Crippen LogP contribution in [0.3, 0.4) is 0 Å². The van der Waals surface area contributed by atoms with E-state index in [9.17, 15) is 4.79 Å². The van der Waals surface area contributed by atoms with Crippen LogP contribution in [0.15, 0.2) is 18.3 Å². The normalized spacial score (nSPS) is 10.2. The molecular formula is C13H20N2O2. The number of hydrogen-bond donors (Lipinski definition) is 1. The van der Waals surface area contributed by atoms with E-state index < -0.39 is 5.97 Å². The van der Waals surface area contributed by atoms with Crippen molar-refractivity contribution in [1.82, 2.24) is 4.98 Å². The fourth-order valence-corrected chi connectivity index (χ4v) is 1.71. The van der Waals surface area contributed by atoms with Crippen molar-refractivity contribution in [3.05, 3.63) is 23.9 Å². The number of anilines is 1. The summed E-state index contributed by atoms with van der Waals surface area (Å²) >= 11 is 0. The molecule has 0 amide bonds. The second kappa shape index (κ2) is 6.89. The molecule has 1 aromatic rings. The Morgan fingerprint density at radius 2 is 2.24 bits per heavy atom. The van der Waals surface area contributed by atoms with E-state index in [0.717, 1.165) is 30.8 Å².